The third-order valence-electron chi connectivity index (χ3n) is 6.35. The third-order valence-corrected chi connectivity index (χ3v) is 8.23. The van der Waals surface area contributed by atoms with Crippen molar-refractivity contribution in [3.05, 3.63) is 41.8 Å². The number of carboxylic acid groups (broad SMARTS) is 1. The molecule has 0 aliphatic carbocycles. The Hall–Kier alpha value is -4.13. The lowest BCUT2D eigenvalue weighted by molar-refractivity contribution is -0.664. The zero-order valence-electron chi connectivity index (χ0n) is 22.0. The predicted octanol–water partition coefficient (Wildman–Crippen LogP) is -0.959. The molecule has 3 atom stereocenters. The number of carbonyl (C=O) groups is 3. The van der Waals surface area contributed by atoms with E-state index in [1.807, 2.05) is 12.1 Å². The number of fused-ring (bicyclic) bond motifs is 2. The van der Waals surface area contributed by atoms with Gasteiger partial charge in [0.05, 0.1) is 12.8 Å². The van der Waals surface area contributed by atoms with Gasteiger partial charge in [-0.15, -0.1) is 11.8 Å². The van der Waals surface area contributed by atoms with Crippen LogP contribution in [-0.2, 0) is 30.5 Å². The Balaban J connectivity index is 1.37. The Morgan fingerprint density at radius 2 is 2.22 bits per heavy atom. The van der Waals surface area contributed by atoms with E-state index in [0.717, 1.165) is 17.0 Å². The highest BCUT2D eigenvalue weighted by molar-refractivity contribution is 8.00. The summed E-state index contributed by atoms with van der Waals surface area (Å²) < 4.78 is 12.7. The summed E-state index contributed by atoms with van der Waals surface area (Å²) in [6, 6.07) is 2.68. The number of oxime groups is 1. The lowest BCUT2D eigenvalue weighted by atomic mass is 10.0. The first-order valence-electron chi connectivity index (χ1n) is 12.3. The van der Waals surface area contributed by atoms with E-state index in [-0.39, 0.29) is 42.1 Å². The number of nitrogen functional groups attached to an aromatic ring is 1. The number of thioether (sulfide) groups is 1. The standard InChI is InChI=1S/C23H26N10O6S2/c1-3-39-29-14(17-28-23(25)41-30-17)19(34)27-15-20(35)33-16(22(36)37)11(9-40-21(15)33)7-31-6-4-5-12-18(31)26-10-32(12)13(24)8-38-2/h4-6,10,13,15,21H,3,7-9,24H2,1-2H3,(H3-,25,27,28,30,34,36,37)/p+1/b29-14+. The number of hydrogen-bond donors (Lipinski definition) is 4. The molecule has 3 aromatic heterocycles. The molecule has 5 rings (SSSR count). The van der Waals surface area contributed by atoms with Crippen molar-refractivity contribution >= 4 is 63.1 Å². The number of nitrogens with one attached hydrogen (secondary N) is 1. The number of carboxylic acids is 1. The SMILES string of the molecule is CCO/N=C(/C(=O)NC1C(=O)N2C(C(=O)O)=C(C[n+]3cccc4c3ncn4C(N)COC)CSC12)c1nsc(N)n1. The molecule has 5 heterocycles. The van der Waals surface area contributed by atoms with Gasteiger partial charge in [-0.1, -0.05) is 5.16 Å². The number of rotatable bonds is 11. The molecule has 0 radical (unpaired) electrons. The average Bonchev–Trinajstić information content (AvgIpc) is 3.58. The number of methoxy groups -OCH3 is 1. The fourth-order valence-electron chi connectivity index (χ4n) is 4.56. The molecule has 0 bridgehead atoms. The van der Waals surface area contributed by atoms with E-state index in [1.54, 1.807) is 35.7 Å². The zero-order chi connectivity index (χ0) is 29.3. The summed E-state index contributed by atoms with van der Waals surface area (Å²) >= 11 is 2.22. The average molecular weight is 604 g/mol. The monoisotopic (exact) mass is 603 g/mol. The van der Waals surface area contributed by atoms with Crippen LogP contribution in [0.5, 0.6) is 0 Å². The summed E-state index contributed by atoms with van der Waals surface area (Å²) in [5, 5.41) is 16.0. The molecular weight excluding hydrogens is 576 g/mol. The van der Waals surface area contributed by atoms with E-state index in [2.05, 4.69) is 24.8 Å². The normalized spacial score (nSPS) is 19.6. The largest absolute Gasteiger partial charge is 0.477 e. The zero-order valence-corrected chi connectivity index (χ0v) is 23.6. The second kappa shape index (κ2) is 11.8. The number of aromatic nitrogens is 5. The van der Waals surface area contributed by atoms with E-state index in [1.165, 1.54) is 16.7 Å². The number of pyridine rings is 1. The van der Waals surface area contributed by atoms with Gasteiger partial charge in [0.2, 0.25) is 17.9 Å². The van der Waals surface area contributed by atoms with E-state index in [0.29, 0.717) is 17.0 Å². The van der Waals surface area contributed by atoms with Gasteiger partial charge in [-0.3, -0.25) is 19.1 Å². The first kappa shape index (κ1) is 28.4. The van der Waals surface area contributed by atoms with Crippen LogP contribution in [0.25, 0.3) is 11.2 Å². The highest BCUT2D eigenvalue weighted by Crippen LogP contribution is 2.40. The van der Waals surface area contributed by atoms with Crippen LogP contribution in [0.2, 0.25) is 0 Å². The minimum Gasteiger partial charge on any atom is -0.477 e. The van der Waals surface area contributed by atoms with Crippen LogP contribution in [0, 0.1) is 0 Å². The van der Waals surface area contributed by atoms with Crippen LogP contribution in [0.4, 0.5) is 5.13 Å². The van der Waals surface area contributed by atoms with Crippen molar-refractivity contribution in [2.45, 2.75) is 31.0 Å². The molecule has 1 fully saturated rings. The maximum Gasteiger partial charge on any atom is 0.352 e. The van der Waals surface area contributed by atoms with E-state index in [4.69, 9.17) is 21.0 Å². The van der Waals surface area contributed by atoms with Crippen LogP contribution in [-0.4, -0.2) is 89.9 Å². The quantitative estimate of drug-likeness (QED) is 0.0902. The molecule has 0 aromatic carbocycles. The number of anilines is 1. The Morgan fingerprint density at radius 1 is 1.41 bits per heavy atom. The highest BCUT2D eigenvalue weighted by atomic mass is 32.2. The number of hydrogen-bond acceptors (Lipinski definition) is 13. The molecule has 18 heteroatoms. The van der Waals surface area contributed by atoms with Crippen molar-refractivity contribution in [2.75, 3.05) is 31.8 Å². The highest BCUT2D eigenvalue weighted by Gasteiger charge is 2.54. The topological polar surface area (TPSA) is 217 Å². The van der Waals surface area contributed by atoms with Crippen molar-refractivity contribution < 1.29 is 33.6 Å². The molecular formula is C23H27N10O6S2+. The van der Waals surface area contributed by atoms with Gasteiger partial charge in [-0.25, -0.2) is 9.36 Å². The lowest BCUT2D eigenvalue weighted by Crippen LogP contribution is -2.71. The fourth-order valence-corrected chi connectivity index (χ4v) is 6.33. The van der Waals surface area contributed by atoms with Gasteiger partial charge >= 0.3 is 11.6 Å². The minimum atomic E-state index is -1.25. The summed E-state index contributed by atoms with van der Waals surface area (Å²) in [6.45, 7) is 2.34. The fraction of sp³-hybridized carbons (Fsp3) is 0.391. The van der Waals surface area contributed by atoms with Crippen molar-refractivity contribution in [3.63, 3.8) is 0 Å². The lowest BCUT2D eigenvalue weighted by Gasteiger charge is -2.49. The van der Waals surface area contributed by atoms with Crippen molar-refractivity contribution in [1.29, 1.82) is 0 Å². The summed E-state index contributed by atoms with van der Waals surface area (Å²) in [6.07, 6.45) is 2.94. The van der Waals surface area contributed by atoms with Crippen LogP contribution in [0.15, 0.2) is 41.1 Å². The van der Waals surface area contributed by atoms with Gasteiger partial charge in [0.25, 0.3) is 11.8 Å². The molecule has 16 nitrogen and oxygen atoms in total. The van der Waals surface area contributed by atoms with Gasteiger partial charge in [-0.2, -0.15) is 9.36 Å². The van der Waals surface area contributed by atoms with E-state index >= 15 is 0 Å². The Kier molecular flexibility index (Phi) is 8.15. The molecule has 0 spiro atoms. The molecule has 41 heavy (non-hydrogen) atoms. The van der Waals surface area contributed by atoms with Crippen molar-refractivity contribution in [3.8, 4) is 0 Å². The van der Waals surface area contributed by atoms with Gasteiger partial charge in [0.15, 0.2) is 5.13 Å². The molecule has 2 aliphatic rings. The van der Waals surface area contributed by atoms with E-state index in [9.17, 15) is 19.5 Å². The summed E-state index contributed by atoms with van der Waals surface area (Å²) in [7, 11) is 1.56. The van der Waals surface area contributed by atoms with Crippen LogP contribution >= 0.6 is 23.3 Å². The number of nitrogens with two attached hydrogens (primary N) is 2. The maximum absolute atomic E-state index is 13.2. The van der Waals surface area contributed by atoms with Gasteiger partial charge < -0.3 is 31.5 Å². The molecule has 2 aliphatic heterocycles. The van der Waals surface area contributed by atoms with Crippen LogP contribution in [0.3, 0.4) is 0 Å². The minimum absolute atomic E-state index is 0.0383. The molecule has 1 saturated heterocycles. The maximum atomic E-state index is 13.2. The Labute approximate surface area is 241 Å². The van der Waals surface area contributed by atoms with Crippen molar-refractivity contribution in [2.24, 2.45) is 10.9 Å². The molecule has 2 amide bonds. The smallest absolute Gasteiger partial charge is 0.352 e. The Morgan fingerprint density at radius 3 is 2.90 bits per heavy atom. The number of ether oxygens (including phenoxy) is 1. The van der Waals surface area contributed by atoms with Crippen LogP contribution < -0.4 is 21.4 Å². The predicted molar refractivity (Wildman–Crippen MR) is 147 cm³/mol. The summed E-state index contributed by atoms with van der Waals surface area (Å²) in [5.74, 6) is -2.29. The molecule has 0 saturated carbocycles. The van der Waals surface area contributed by atoms with Gasteiger partial charge in [-0.05, 0) is 24.0 Å². The molecule has 3 aromatic rings. The Bertz CT molecular complexity index is 1570. The number of amides is 2. The second-order valence-corrected chi connectivity index (χ2v) is 10.8. The first-order chi connectivity index (χ1) is 19.7. The van der Waals surface area contributed by atoms with E-state index < -0.39 is 35.4 Å². The summed E-state index contributed by atoms with van der Waals surface area (Å²) in [4.78, 5) is 53.3. The third kappa shape index (κ3) is 5.33. The van der Waals surface area contributed by atoms with Crippen LogP contribution in [0.1, 0.15) is 18.9 Å². The molecule has 216 valence electrons. The first-order valence-corrected chi connectivity index (χ1v) is 14.2. The number of carbonyl (C=O) groups excluding carboxylic acids is 2. The number of aliphatic carboxylic acids is 1. The van der Waals surface area contributed by atoms with Crippen molar-refractivity contribution in [1.82, 2.24) is 29.1 Å². The number of β-lactam (4-membered cyclic amide) rings is 1. The second-order valence-electron chi connectivity index (χ2n) is 8.95. The number of nitrogens with zero attached hydrogens (tertiary/aromatic N) is 7. The summed E-state index contributed by atoms with van der Waals surface area (Å²) in [5.41, 5.74) is 13.3. The van der Waals surface area contributed by atoms with Gasteiger partial charge in [0, 0.05) is 30.0 Å². The molecule has 6 N–H and O–H groups in total. The molecule has 3 unspecified atom stereocenters. The number of imidazole rings is 1. The van der Waals surface area contributed by atoms with Gasteiger partial charge in [0.1, 0.15) is 41.9 Å².